The SMILES string of the molecule is COc1ncc2nccc(-c3[nH]c4c(c3Nc3cccc(Cl)c3OC)C(=O)OC3CC43)c2n1. The maximum Gasteiger partial charge on any atom is 0.342 e. The number of hydrogen-bond acceptors (Lipinski definition) is 8. The van der Waals surface area contributed by atoms with Crippen LogP contribution in [0.5, 0.6) is 11.8 Å². The molecule has 33 heavy (non-hydrogen) atoms. The molecule has 3 aromatic heterocycles. The van der Waals surface area contributed by atoms with E-state index in [-0.39, 0.29) is 24.0 Å². The lowest BCUT2D eigenvalue weighted by Crippen LogP contribution is -2.16. The molecule has 2 unspecified atom stereocenters. The molecule has 9 nitrogen and oxygen atoms in total. The zero-order valence-corrected chi connectivity index (χ0v) is 18.4. The molecule has 10 heteroatoms. The maximum absolute atomic E-state index is 13.0. The molecule has 0 spiro atoms. The summed E-state index contributed by atoms with van der Waals surface area (Å²) in [7, 11) is 3.05. The number of carbonyl (C=O) groups excluding carboxylic acids is 1. The fourth-order valence-electron chi connectivity index (χ4n) is 4.31. The Hall–Kier alpha value is -3.85. The van der Waals surface area contributed by atoms with Crippen LogP contribution in [0.3, 0.4) is 0 Å². The number of aromatic amines is 1. The lowest BCUT2D eigenvalue weighted by atomic mass is 10.1. The van der Waals surface area contributed by atoms with Crippen molar-refractivity contribution in [3.63, 3.8) is 0 Å². The number of nitrogens with zero attached hydrogens (tertiary/aromatic N) is 3. The van der Waals surface area contributed by atoms with E-state index in [1.807, 2.05) is 12.1 Å². The van der Waals surface area contributed by atoms with Crippen LogP contribution in [0.15, 0.2) is 36.7 Å². The summed E-state index contributed by atoms with van der Waals surface area (Å²) < 4.78 is 16.3. The van der Waals surface area contributed by atoms with Gasteiger partial charge in [0.1, 0.15) is 22.7 Å². The molecule has 2 N–H and O–H groups in total. The Bertz CT molecular complexity index is 1440. The van der Waals surface area contributed by atoms with Gasteiger partial charge in [-0.2, -0.15) is 4.98 Å². The van der Waals surface area contributed by atoms with Gasteiger partial charge in [0.15, 0.2) is 5.75 Å². The van der Waals surface area contributed by atoms with Crippen LogP contribution >= 0.6 is 11.6 Å². The van der Waals surface area contributed by atoms with Gasteiger partial charge in [-0.1, -0.05) is 17.7 Å². The van der Waals surface area contributed by atoms with Gasteiger partial charge in [-0.15, -0.1) is 0 Å². The molecule has 6 rings (SSSR count). The van der Waals surface area contributed by atoms with Crippen molar-refractivity contribution in [3.8, 4) is 23.0 Å². The van der Waals surface area contributed by atoms with Crippen molar-refractivity contribution in [2.75, 3.05) is 19.5 Å². The Balaban J connectivity index is 1.60. The third kappa shape index (κ3) is 3.07. The smallest absolute Gasteiger partial charge is 0.342 e. The summed E-state index contributed by atoms with van der Waals surface area (Å²) >= 11 is 6.34. The van der Waals surface area contributed by atoms with E-state index >= 15 is 0 Å². The fraction of sp³-hybridized carbons (Fsp3) is 0.217. The predicted octanol–water partition coefficient (Wildman–Crippen LogP) is 4.46. The second kappa shape index (κ2) is 7.35. The summed E-state index contributed by atoms with van der Waals surface area (Å²) in [6, 6.07) is 7.43. The Morgan fingerprint density at radius 3 is 2.91 bits per heavy atom. The number of benzene rings is 1. The molecule has 4 heterocycles. The first kappa shape index (κ1) is 19.8. The predicted molar refractivity (Wildman–Crippen MR) is 122 cm³/mol. The van der Waals surface area contributed by atoms with Crippen molar-refractivity contribution in [3.05, 3.63) is 52.9 Å². The van der Waals surface area contributed by atoms with Crippen molar-refractivity contribution in [1.82, 2.24) is 19.9 Å². The third-order valence-electron chi connectivity index (χ3n) is 5.93. The highest BCUT2D eigenvalue weighted by atomic mass is 35.5. The van der Waals surface area contributed by atoms with Gasteiger partial charge in [-0.25, -0.2) is 9.78 Å². The first-order valence-corrected chi connectivity index (χ1v) is 10.7. The second-order valence-electron chi connectivity index (χ2n) is 7.84. The molecule has 4 aromatic rings. The lowest BCUT2D eigenvalue weighted by Gasteiger charge is -2.16. The first-order valence-electron chi connectivity index (χ1n) is 10.3. The number of para-hydroxylation sites is 1. The van der Waals surface area contributed by atoms with Crippen LogP contribution in [0.2, 0.25) is 5.02 Å². The van der Waals surface area contributed by atoms with Gasteiger partial charge in [0.25, 0.3) is 0 Å². The highest BCUT2D eigenvalue weighted by molar-refractivity contribution is 6.32. The number of anilines is 2. The first-order chi connectivity index (χ1) is 16.1. The van der Waals surface area contributed by atoms with E-state index in [1.54, 1.807) is 31.6 Å². The van der Waals surface area contributed by atoms with Crippen LogP contribution in [0.4, 0.5) is 11.4 Å². The van der Waals surface area contributed by atoms with Crippen molar-refractivity contribution in [2.24, 2.45) is 0 Å². The summed E-state index contributed by atoms with van der Waals surface area (Å²) in [4.78, 5) is 29.5. The molecule has 0 radical (unpaired) electrons. The molecule has 2 atom stereocenters. The molecule has 1 fully saturated rings. The fourth-order valence-corrected chi connectivity index (χ4v) is 4.56. The van der Waals surface area contributed by atoms with E-state index in [0.717, 1.165) is 17.7 Å². The number of rotatable bonds is 5. The summed E-state index contributed by atoms with van der Waals surface area (Å²) in [5.74, 6) is 0.239. The van der Waals surface area contributed by atoms with Crippen molar-refractivity contribution in [1.29, 1.82) is 0 Å². The average molecular weight is 464 g/mol. The largest absolute Gasteiger partial charge is 0.493 e. The van der Waals surface area contributed by atoms with Crippen LogP contribution in [-0.2, 0) is 4.74 Å². The van der Waals surface area contributed by atoms with E-state index in [2.05, 4.69) is 25.3 Å². The van der Waals surface area contributed by atoms with E-state index in [4.69, 9.17) is 25.8 Å². The number of hydrogen-bond donors (Lipinski definition) is 2. The molecule has 1 aliphatic carbocycles. The second-order valence-corrected chi connectivity index (χ2v) is 8.25. The van der Waals surface area contributed by atoms with Gasteiger partial charge in [-0.3, -0.25) is 4.98 Å². The monoisotopic (exact) mass is 463 g/mol. The van der Waals surface area contributed by atoms with Crippen molar-refractivity contribution in [2.45, 2.75) is 18.4 Å². The number of carbonyl (C=O) groups is 1. The standard InChI is InChI=1S/C23H18ClN5O4/c1-31-21-12(24)4-3-5-13(21)27-20-16-18(11-8-15(11)33-22(16)30)28-19(20)10-6-7-25-14-9-26-23(32-2)29-17(10)14/h3-7,9,11,15,27-28H,8H2,1-2H3. The minimum Gasteiger partial charge on any atom is -0.493 e. The summed E-state index contributed by atoms with van der Waals surface area (Å²) in [5, 5.41) is 3.81. The molecule has 1 aromatic carbocycles. The number of fused-ring (bicyclic) bond motifs is 4. The van der Waals surface area contributed by atoms with Crippen LogP contribution < -0.4 is 14.8 Å². The number of nitrogens with one attached hydrogen (secondary N) is 2. The number of esters is 1. The number of pyridine rings is 1. The van der Waals surface area contributed by atoms with Crippen LogP contribution in [-0.4, -0.2) is 46.2 Å². The zero-order valence-electron chi connectivity index (χ0n) is 17.7. The third-order valence-corrected chi connectivity index (χ3v) is 6.23. The van der Waals surface area contributed by atoms with E-state index in [1.165, 1.54) is 7.11 Å². The number of halogens is 1. The van der Waals surface area contributed by atoms with Gasteiger partial charge in [0.05, 0.1) is 42.5 Å². The lowest BCUT2D eigenvalue weighted by molar-refractivity contribution is 0.0441. The van der Waals surface area contributed by atoms with Crippen molar-refractivity contribution < 1.29 is 19.0 Å². The Morgan fingerprint density at radius 1 is 1.21 bits per heavy atom. The minimum absolute atomic E-state index is 0.0818. The quantitative estimate of drug-likeness (QED) is 0.417. The summed E-state index contributed by atoms with van der Waals surface area (Å²) in [6.07, 6.45) is 3.99. The van der Waals surface area contributed by atoms with Gasteiger partial charge < -0.3 is 24.5 Å². The summed E-state index contributed by atoms with van der Waals surface area (Å²) in [6.45, 7) is 0. The molecule has 1 aliphatic heterocycles. The molecule has 0 amide bonds. The van der Waals surface area contributed by atoms with Crippen LogP contribution in [0.25, 0.3) is 22.3 Å². The molecular weight excluding hydrogens is 446 g/mol. The number of H-pyrrole nitrogens is 1. The average Bonchev–Trinajstić information content (AvgIpc) is 3.50. The van der Waals surface area contributed by atoms with Crippen molar-refractivity contribution >= 4 is 40.0 Å². The van der Waals surface area contributed by atoms with Gasteiger partial charge in [0.2, 0.25) is 0 Å². The number of ether oxygens (including phenoxy) is 3. The maximum atomic E-state index is 13.0. The zero-order chi connectivity index (χ0) is 22.7. The van der Waals surface area contributed by atoms with Gasteiger partial charge in [0, 0.05) is 23.4 Å². The molecule has 0 bridgehead atoms. The number of aromatic nitrogens is 4. The molecule has 2 aliphatic rings. The highest BCUT2D eigenvalue weighted by Crippen LogP contribution is 2.53. The molecule has 1 saturated carbocycles. The van der Waals surface area contributed by atoms with Gasteiger partial charge >= 0.3 is 12.0 Å². The number of methoxy groups -OCH3 is 2. The molecule has 166 valence electrons. The highest BCUT2D eigenvalue weighted by Gasteiger charge is 2.51. The Kier molecular flexibility index (Phi) is 4.41. The minimum atomic E-state index is -0.375. The summed E-state index contributed by atoms with van der Waals surface area (Å²) in [5.41, 5.74) is 5.10. The van der Waals surface area contributed by atoms with Crippen LogP contribution in [0, 0.1) is 0 Å². The molecule has 0 saturated heterocycles. The Labute approximate surface area is 193 Å². The van der Waals surface area contributed by atoms with Crippen LogP contribution in [0.1, 0.15) is 28.4 Å². The van der Waals surface area contributed by atoms with E-state index in [9.17, 15) is 4.79 Å². The topological polar surface area (TPSA) is 111 Å². The van der Waals surface area contributed by atoms with E-state index in [0.29, 0.717) is 44.4 Å². The Morgan fingerprint density at radius 2 is 2.09 bits per heavy atom. The van der Waals surface area contributed by atoms with Gasteiger partial charge in [-0.05, 0) is 24.6 Å². The molecular formula is C23H18ClN5O4. The normalized spacial score (nSPS) is 18.3. The van der Waals surface area contributed by atoms with E-state index < -0.39 is 0 Å².